The molecule has 0 atom stereocenters. The van der Waals surface area contributed by atoms with E-state index < -0.39 is 17.6 Å². The van der Waals surface area contributed by atoms with Crippen LogP contribution < -0.4 is 5.43 Å². The summed E-state index contributed by atoms with van der Waals surface area (Å²) in [7, 11) is 0. The summed E-state index contributed by atoms with van der Waals surface area (Å²) in [5.41, 5.74) is 0.575. The third-order valence-electron chi connectivity index (χ3n) is 4.04. The average Bonchev–Trinajstić information content (AvgIpc) is 2.65. The molecule has 0 saturated heterocycles. The zero-order valence-corrected chi connectivity index (χ0v) is 17.9. The second-order valence-corrected chi connectivity index (χ2v) is 8.14. The molecule has 0 saturated carbocycles. The topological polar surface area (TPSA) is 48.3 Å². The van der Waals surface area contributed by atoms with Gasteiger partial charge in [-0.1, -0.05) is 12.1 Å². The molecule has 146 valence electrons. The van der Waals surface area contributed by atoms with Gasteiger partial charge in [-0.15, -0.1) is 11.8 Å². The Hall–Kier alpha value is -1.94. The van der Waals surface area contributed by atoms with Gasteiger partial charge in [0.1, 0.15) is 6.54 Å². The Morgan fingerprint density at radius 1 is 1.21 bits per heavy atom. The van der Waals surface area contributed by atoms with Crippen LogP contribution in [0.1, 0.15) is 12.5 Å². The number of benzene rings is 2. The van der Waals surface area contributed by atoms with E-state index in [1.54, 1.807) is 17.6 Å². The van der Waals surface area contributed by atoms with E-state index in [0.29, 0.717) is 15.9 Å². The summed E-state index contributed by atoms with van der Waals surface area (Å²) in [6, 6.07) is 10.7. The molecule has 0 aliphatic carbocycles. The fourth-order valence-corrected chi connectivity index (χ4v) is 4.26. The summed E-state index contributed by atoms with van der Waals surface area (Å²) in [6.07, 6.45) is 0. The van der Waals surface area contributed by atoms with Gasteiger partial charge in [-0.3, -0.25) is 9.59 Å². The molecule has 3 rings (SSSR count). The second kappa shape index (κ2) is 9.04. The second-order valence-electron chi connectivity index (χ2n) is 5.90. The maximum Gasteiger partial charge on any atom is 0.325 e. The lowest BCUT2D eigenvalue weighted by molar-refractivity contribution is -0.143. The fraction of sp³-hybridized carbons (Fsp3) is 0.200. The van der Waals surface area contributed by atoms with E-state index >= 15 is 0 Å². The van der Waals surface area contributed by atoms with Crippen LogP contribution in [0.2, 0.25) is 0 Å². The van der Waals surface area contributed by atoms with Crippen molar-refractivity contribution in [3.05, 3.63) is 73.5 Å². The van der Waals surface area contributed by atoms with Gasteiger partial charge >= 0.3 is 5.97 Å². The van der Waals surface area contributed by atoms with Crippen LogP contribution in [-0.4, -0.2) is 17.1 Å². The van der Waals surface area contributed by atoms with E-state index in [1.165, 1.54) is 18.2 Å². The van der Waals surface area contributed by atoms with E-state index in [9.17, 15) is 18.4 Å². The van der Waals surface area contributed by atoms with E-state index in [-0.39, 0.29) is 29.9 Å². The highest BCUT2D eigenvalue weighted by Crippen LogP contribution is 2.27. The maximum atomic E-state index is 14.0. The lowest BCUT2D eigenvalue weighted by atomic mass is 10.2. The van der Waals surface area contributed by atoms with Gasteiger partial charge in [0, 0.05) is 26.3 Å². The summed E-state index contributed by atoms with van der Waals surface area (Å²) in [4.78, 5) is 24.6. The van der Waals surface area contributed by atoms with Crippen molar-refractivity contribution in [1.82, 2.24) is 4.57 Å². The van der Waals surface area contributed by atoms with Gasteiger partial charge in [-0.25, -0.2) is 8.78 Å². The van der Waals surface area contributed by atoms with Gasteiger partial charge in [-0.2, -0.15) is 0 Å². The predicted octanol–water partition coefficient (Wildman–Crippen LogP) is 4.74. The minimum Gasteiger partial charge on any atom is -0.465 e. The number of rotatable bonds is 6. The Bertz CT molecular complexity index is 1100. The molecule has 28 heavy (non-hydrogen) atoms. The van der Waals surface area contributed by atoms with E-state index in [4.69, 9.17) is 4.74 Å². The SMILES string of the molecule is CCOC(=O)Cn1c(SCc2cccc(F)c2F)cc(=O)c2ccc(I)cc21. The Morgan fingerprint density at radius 2 is 2.00 bits per heavy atom. The van der Waals surface area contributed by atoms with E-state index in [1.807, 2.05) is 12.1 Å². The smallest absolute Gasteiger partial charge is 0.325 e. The van der Waals surface area contributed by atoms with Gasteiger partial charge in [0.25, 0.3) is 0 Å². The summed E-state index contributed by atoms with van der Waals surface area (Å²) < 4.78 is 35.1. The number of carbonyl (C=O) groups is 1. The number of carbonyl (C=O) groups excluding carboxylic acids is 1. The number of halogens is 3. The lowest BCUT2D eigenvalue weighted by Gasteiger charge is -2.16. The van der Waals surface area contributed by atoms with Crippen molar-refractivity contribution in [3.63, 3.8) is 0 Å². The fourth-order valence-electron chi connectivity index (χ4n) is 2.75. The molecule has 0 aliphatic rings. The van der Waals surface area contributed by atoms with Gasteiger partial charge < -0.3 is 9.30 Å². The summed E-state index contributed by atoms with van der Waals surface area (Å²) in [6.45, 7) is 1.87. The van der Waals surface area contributed by atoms with Crippen molar-refractivity contribution in [3.8, 4) is 0 Å². The van der Waals surface area contributed by atoms with E-state index in [2.05, 4.69) is 22.6 Å². The van der Waals surface area contributed by atoms with Crippen LogP contribution in [0.25, 0.3) is 10.9 Å². The van der Waals surface area contributed by atoms with Crippen molar-refractivity contribution in [2.24, 2.45) is 0 Å². The van der Waals surface area contributed by atoms with Crippen LogP contribution >= 0.6 is 34.4 Å². The third kappa shape index (κ3) is 4.54. The number of esters is 1. The van der Waals surface area contributed by atoms with Crippen LogP contribution in [0.3, 0.4) is 0 Å². The molecule has 0 bridgehead atoms. The Balaban J connectivity index is 2.05. The monoisotopic (exact) mass is 515 g/mol. The Labute approximate surface area is 178 Å². The highest BCUT2D eigenvalue weighted by Gasteiger charge is 2.15. The average molecular weight is 515 g/mol. The number of pyridine rings is 1. The molecule has 1 heterocycles. The summed E-state index contributed by atoms with van der Waals surface area (Å²) >= 11 is 3.29. The molecule has 0 N–H and O–H groups in total. The quantitative estimate of drug-likeness (QED) is 0.271. The van der Waals surface area contributed by atoms with Crippen molar-refractivity contribution in [2.75, 3.05) is 6.61 Å². The normalized spacial score (nSPS) is 11.0. The molecule has 0 amide bonds. The van der Waals surface area contributed by atoms with Gasteiger partial charge in [0.2, 0.25) is 0 Å². The first kappa shape index (κ1) is 20.8. The first-order valence-corrected chi connectivity index (χ1v) is 10.5. The van der Waals surface area contributed by atoms with Crippen LogP contribution in [0.5, 0.6) is 0 Å². The van der Waals surface area contributed by atoms with Crippen molar-refractivity contribution in [2.45, 2.75) is 24.2 Å². The number of aromatic nitrogens is 1. The Morgan fingerprint density at radius 3 is 2.75 bits per heavy atom. The molecule has 2 aromatic carbocycles. The van der Waals surface area contributed by atoms with Crippen LogP contribution in [0.15, 0.2) is 52.3 Å². The van der Waals surface area contributed by atoms with Crippen molar-refractivity contribution >= 4 is 51.2 Å². The molecular weight excluding hydrogens is 499 g/mol. The molecule has 0 radical (unpaired) electrons. The highest BCUT2D eigenvalue weighted by molar-refractivity contribution is 14.1. The van der Waals surface area contributed by atoms with E-state index in [0.717, 1.165) is 21.4 Å². The zero-order chi connectivity index (χ0) is 20.3. The maximum absolute atomic E-state index is 14.0. The first-order chi connectivity index (χ1) is 13.4. The van der Waals surface area contributed by atoms with Crippen LogP contribution in [-0.2, 0) is 21.8 Å². The molecule has 0 unspecified atom stereocenters. The number of ether oxygens (including phenoxy) is 1. The summed E-state index contributed by atoms with van der Waals surface area (Å²) in [5.74, 6) is -2.16. The standard InChI is InChI=1S/C20H16F2INO3S/c1-2-27-19(26)10-24-16-8-13(23)6-7-14(16)17(25)9-18(24)28-11-12-4-3-5-15(21)20(12)22/h3-9H,2,10-11H2,1H3. The molecule has 4 nitrogen and oxygen atoms in total. The predicted molar refractivity (Wildman–Crippen MR) is 113 cm³/mol. The minimum absolute atomic E-state index is 0.0846. The highest BCUT2D eigenvalue weighted by atomic mass is 127. The van der Waals surface area contributed by atoms with Gasteiger partial charge in [0.05, 0.1) is 17.1 Å². The van der Waals surface area contributed by atoms with Crippen molar-refractivity contribution in [1.29, 1.82) is 0 Å². The zero-order valence-electron chi connectivity index (χ0n) is 14.9. The minimum atomic E-state index is -0.921. The molecule has 1 aromatic heterocycles. The number of fused-ring (bicyclic) bond motifs is 1. The molecule has 3 aromatic rings. The number of thioether (sulfide) groups is 1. The molecule has 8 heteroatoms. The lowest BCUT2D eigenvalue weighted by Crippen LogP contribution is -2.18. The molecule has 0 fully saturated rings. The Kier molecular flexibility index (Phi) is 6.71. The van der Waals surface area contributed by atoms with Gasteiger partial charge in [-0.05, 0) is 53.8 Å². The number of nitrogens with zero attached hydrogens (tertiary/aromatic N) is 1. The molecule has 0 aliphatic heterocycles. The summed E-state index contributed by atoms with van der Waals surface area (Å²) in [5, 5.41) is 0.960. The molecular formula is C20H16F2INO3S. The molecule has 0 spiro atoms. The third-order valence-corrected chi connectivity index (χ3v) is 5.80. The van der Waals surface area contributed by atoms with Crippen molar-refractivity contribution < 1.29 is 18.3 Å². The largest absolute Gasteiger partial charge is 0.465 e. The van der Waals surface area contributed by atoms with Crippen LogP contribution in [0, 0.1) is 15.2 Å². The van der Waals surface area contributed by atoms with Gasteiger partial charge in [0.15, 0.2) is 17.1 Å². The first-order valence-electron chi connectivity index (χ1n) is 8.45. The number of hydrogen-bond acceptors (Lipinski definition) is 4. The number of hydrogen-bond donors (Lipinski definition) is 0. The van der Waals surface area contributed by atoms with Crippen LogP contribution in [0.4, 0.5) is 8.78 Å².